The molecule has 406 valence electrons. The number of hydrogen-bond donors (Lipinski definition) is 19. The lowest BCUT2D eigenvalue weighted by molar-refractivity contribution is -0.142. The van der Waals surface area contributed by atoms with Crippen molar-refractivity contribution in [3.05, 3.63) is 18.2 Å². The fraction of sp³-hybridized carbons (Fsp3) is 0.564. The van der Waals surface area contributed by atoms with E-state index in [9.17, 15) is 82.4 Å². The number of aromatic nitrogens is 2. The summed E-state index contributed by atoms with van der Waals surface area (Å²) in [6.07, 6.45) is 1.76. The molecule has 0 bridgehead atoms. The molecule has 1 aromatic heterocycles. The number of carbonyl (C=O) groups excluding carboxylic acids is 13. The van der Waals surface area contributed by atoms with Gasteiger partial charge in [0, 0.05) is 18.3 Å². The first kappa shape index (κ1) is 62.6. The molecule has 13 amide bonds. The van der Waals surface area contributed by atoms with E-state index in [1.165, 1.54) is 12.5 Å². The maximum atomic E-state index is 13.1. The topological polar surface area (TPSA) is 545 Å². The smallest absolute Gasteiger partial charge is 0.326 e. The van der Waals surface area contributed by atoms with Crippen LogP contribution in [0.2, 0.25) is 0 Å². The van der Waals surface area contributed by atoms with Gasteiger partial charge in [0.2, 0.25) is 76.8 Å². The van der Waals surface area contributed by atoms with Crippen molar-refractivity contribution < 1.29 is 87.5 Å². The van der Waals surface area contributed by atoms with Crippen LogP contribution in [0.1, 0.15) is 32.4 Å². The van der Waals surface area contributed by atoms with E-state index in [-0.39, 0.29) is 18.8 Å². The minimum atomic E-state index is -1.78. The van der Waals surface area contributed by atoms with Crippen LogP contribution in [0.3, 0.4) is 0 Å². The number of hydrogen-bond acceptors (Lipinski definition) is 19. The molecular formula is C39H62N16O18. The lowest BCUT2D eigenvalue weighted by Crippen LogP contribution is -2.57. The van der Waals surface area contributed by atoms with E-state index < -0.39 is 191 Å². The fourth-order valence-corrected chi connectivity index (χ4v) is 5.53. The van der Waals surface area contributed by atoms with Gasteiger partial charge in [0.05, 0.1) is 78.4 Å². The molecule has 1 aromatic rings. The molecule has 34 heteroatoms. The van der Waals surface area contributed by atoms with Gasteiger partial charge in [-0.1, -0.05) is 13.8 Å². The Morgan fingerprint density at radius 3 is 1.30 bits per heavy atom. The number of primary amides is 1. The molecule has 21 N–H and O–H groups in total. The highest BCUT2D eigenvalue weighted by Gasteiger charge is 2.31. The maximum Gasteiger partial charge on any atom is 0.326 e. The molecule has 0 spiro atoms. The number of H-pyrrole nitrogens is 1. The second-order valence-corrected chi connectivity index (χ2v) is 15.8. The Labute approximate surface area is 414 Å². The molecule has 0 fully saturated rings. The van der Waals surface area contributed by atoms with Crippen molar-refractivity contribution >= 4 is 82.8 Å². The third kappa shape index (κ3) is 26.4. The van der Waals surface area contributed by atoms with Gasteiger partial charge in [0.15, 0.2) is 0 Å². The summed E-state index contributed by atoms with van der Waals surface area (Å²) in [4.78, 5) is 179. The van der Waals surface area contributed by atoms with Crippen LogP contribution >= 0.6 is 0 Å². The van der Waals surface area contributed by atoms with Crippen molar-refractivity contribution in [2.75, 3.05) is 65.6 Å². The fourth-order valence-electron chi connectivity index (χ4n) is 5.53. The Balaban J connectivity index is 2.58. The molecule has 34 nitrogen and oxygen atoms in total. The average Bonchev–Trinajstić information content (AvgIpc) is 3.86. The molecule has 6 atom stereocenters. The Hall–Kier alpha value is -8.37. The van der Waals surface area contributed by atoms with Crippen molar-refractivity contribution in [2.45, 2.75) is 69.4 Å². The normalized spacial score (nSPS) is 13.1. The van der Waals surface area contributed by atoms with Gasteiger partial charge in [0.25, 0.3) is 0 Å². The molecule has 0 aliphatic carbocycles. The van der Waals surface area contributed by atoms with Gasteiger partial charge in [-0.3, -0.25) is 62.3 Å². The van der Waals surface area contributed by atoms with E-state index >= 15 is 0 Å². The van der Waals surface area contributed by atoms with E-state index in [2.05, 4.69) is 73.8 Å². The Bertz CT molecular complexity index is 2120. The molecule has 73 heavy (non-hydrogen) atoms. The summed E-state index contributed by atoms with van der Waals surface area (Å²) >= 11 is 0. The van der Waals surface area contributed by atoms with Crippen molar-refractivity contribution in [1.29, 1.82) is 0 Å². The van der Waals surface area contributed by atoms with Gasteiger partial charge in [-0.25, -0.2) is 9.78 Å². The van der Waals surface area contributed by atoms with E-state index in [1.54, 1.807) is 13.8 Å². The summed E-state index contributed by atoms with van der Waals surface area (Å²) in [5, 5.41) is 63.6. The number of aliphatic carboxylic acids is 1. The summed E-state index contributed by atoms with van der Waals surface area (Å²) < 4.78 is 0. The molecule has 0 aliphatic heterocycles. The Morgan fingerprint density at radius 2 is 0.890 bits per heavy atom. The highest BCUT2D eigenvalue weighted by molar-refractivity contribution is 5.98. The summed E-state index contributed by atoms with van der Waals surface area (Å²) in [5.74, 6) is -14.3. The van der Waals surface area contributed by atoms with Gasteiger partial charge < -0.3 is 101 Å². The number of carboxylic acids is 1. The van der Waals surface area contributed by atoms with Crippen LogP contribution in [0.15, 0.2) is 12.5 Å². The van der Waals surface area contributed by atoms with Crippen LogP contribution in [0.4, 0.5) is 0 Å². The van der Waals surface area contributed by atoms with Crippen molar-refractivity contribution in [1.82, 2.24) is 73.8 Å². The van der Waals surface area contributed by atoms with E-state index in [1.807, 2.05) is 0 Å². The van der Waals surface area contributed by atoms with Crippen LogP contribution < -0.4 is 75.3 Å². The summed E-state index contributed by atoms with van der Waals surface area (Å²) in [5.41, 5.74) is 10.9. The predicted octanol–water partition coefficient (Wildman–Crippen LogP) is -12.5. The van der Waals surface area contributed by atoms with Gasteiger partial charge in [-0.05, 0) is 12.3 Å². The van der Waals surface area contributed by atoms with Gasteiger partial charge in [-0.15, -0.1) is 0 Å². The summed E-state index contributed by atoms with van der Waals surface area (Å²) in [6.45, 7) is -4.32. The molecule has 1 rings (SSSR count). The number of aliphatic hydroxyl groups is 3. The molecule has 0 aromatic carbocycles. The van der Waals surface area contributed by atoms with Crippen LogP contribution in [-0.4, -0.2) is 215 Å². The molecule has 1 heterocycles. The molecule has 0 saturated heterocycles. The standard InChI is InChI=1S/C39H62N16O18/c1-18(2)3-21(37(70)55-23(39(72)73)4-19-6-42-17-50-19)51-33(66)13-49-35(68)22(5-26(41)59)54-38(71)25(16-58)53-32(65)12-46-28(61)8-44-30(63)10-48-36(69)24(15-57)52-31(64)11-45-27(60)7-43-29(62)9-47-34(67)20(40)14-56/h6,17-18,20-25,56-58H,3-5,7-16,40H2,1-2H3,(H2,41,59)(H,42,50)(H,43,62)(H,44,63)(H,45,60)(H,46,61)(H,47,67)(H,48,69)(H,49,68)(H,51,66)(H,52,64)(H,53,65)(H,54,71)(H,55,70)(H,72,73)/t20-,21-,22-,23-,24-,25-/m0/s1. The molecule has 0 aliphatic rings. The number of amides is 13. The SMILES string of the molecule is CC(C)C[C@H](NC(=O)CNC(=O)[C@H](CC(N)=O)NC(=O)[C@H](CO)NC(=O)CNC(=O)CNC(=O)CNC(=O)[C@H](CO)NC(=O)CNC(=O)CNC(=O)CNC(=O)[C@@H](N)CO)C(=O)N[C@@H](Cc1cnc[nH]1)C(=O)O. The van der Waals surface area contributed by atoms with Crippen LogP contribution in [-0.2, 0) is 73.5 Å². The van der Waals surface area contributed by atoms with E-state index in [0.29, 0.717) is 5.69 Å². The van der Waals surface area contributed by atoms with Crippen LogP contribution in [0, 0.1) is 5.92 Å². The quantitative estimate of drug-likeness (QED) is 0.0305. The predicted molar refractivity (Wildman–Crippen MR) is 243 cm³/mol. The van der Waals surface area contributed by atoms with Crippen LogP contribution in [0.5, 0.6) is 0 Å². The number of aliphatic hydroxyl groups excluding tert-OH is 3. The second-order valence-electron chi connectivity index (χ2n) is 15.8. The monoisotopic (exact) mass is 1040 g/mol. The third-order valence-corrected chi connectivity index (χ3v) is 9.25. The van der Waals surface area contributed by atoms with Crippen molar-refractivity contribution in [2.24, 2.45) is 17.4 Å². The molecule has 0 radical (unpaired) electrons. The summed E-state index contributed by atoms with van der Waals surface area (Å²) in [7, 11) is 0. The van der Waals surface area contributed by atoms with Crippen LogP contribution in [0.25, 0.3) is 0 Å². The third-order valence-electron chi connectivity index (χ3n) is 9.25. The van der Waals surface area contributed by atoms with E-state index in [4.69, 9.17) is 16.6 Å². The number of nitrogens with two attached hydrogens (primary N) is 2. The lowest BCUT2D eigenvalue weighted by atomic mass is 10.0. The largest absolute Gasteiger partial charge is 0.480 e. The summed E-state index contributed by atoms with van der Waals surface area (Å²) in [6, 6.07) is -9.06. The molecule has 0 unspecified atom stereocenters. The van der Waals surface area contributed by atoms with Gasteiger partial charge >= 0.3 is 5.97 Å². The number of aromatic amines is 1. The Kier molecular flexibility index (Phi) is 28.5. The maximum absolute atomic E-state index is 13.1. The first-order valence-electron chi connectivity index (χ1n) is 21.8. The highest BCUT2D eigenvalue weighted by atomic mass is 16.4. The van der Waals surface area contributed by atoms with Crippen molar-refractivity contribution in [3.63, 3.8) is 0 Å². The average molecular weight is 1040 g/mol. The zero-order valence-corrected chi connectivity index (χ0v) is 39.5. The number of carbonyl (C=O) groups is 14. The first-order chi connectivity index (χ1) is 34.4. The zero-order valence-electron chi connectivity index (χ0n) is 39.5. The minimum Gasteiger partial charge on any atom is -0.480 e. The molecule has 0 saturated carbocycles. The van der Waals surface area contributed by atoms with E-state index in [0.717, 1.165) is 0 Å². The first-order valence-corrected chi connectivity index (χ1v) is 21.8. The number of rotatable bonds is 34. The van der Waals surface area contributed by atoms with Crippen molar-refractivity contribution in [3.8, 4) is 0 Å². The second kappa shape index (κ2) is 33.3. The Morgan fingerprint density at radius 1 is 0.507 bits per heavy atom. The van der Waals surface area contributed by atoms with Gasteiger partial charge in [0.1, 0.15) is 36.3 Å². The lowest BCUT2D eigenvalue weighted by Gasteiger charge is -2.23. The number of carboxylic acid groups (broad SMARTS) is 1. The highest BCUT2D eigenvalue weighted by Crippen LogP contribution is 2.07. The molecular weight excluding hydrogens is 981 g/mol. The zero-order chi connectivity index (χ0) is 55.2. The number of imidazole rings is 1. The minimum absolute atomic E-state index is 0.0525. The number of nitrogens with one attached hydrogen (secondary N) is 13. The number of nitrogens with zero attached hydrogens (tertiary/aromatic N) is 1. The van der Waals surface area contributed by atoms with Gasteiger partial charge in [-0.2, -0.15) is 0 Å².